The Morgan fingerprint density at radius 1 is 1.26 bits per heavy atom. The van der Waals surface area contributed by atoms with E-state index in [0.29, 0.717) is 18.4 Å². The number of nitrogens with zero attached hydrogens (tertiary/aromatic N) is 2. The summed E-state index contributed by atoms with van der Waals surface area (Å²) in [7, 11) is -4.00. The highest BCUT2D eigenvalue weighted by Crippen LogP contribution is 2.47. The summed E-state index contributed by atoms with van der Waals surface area (Å²) < 4.78 is 41.5. The Bertz CT molecular complexity index is 966. The highest BCUT2D eigenvalue weighted by molar-refractivity contribution is 9.09. The zero-order valence-electron chi connectivity index (χ0n) is 14.5. The maximum Gasteiger partial charge on any atom is 0.270 e. The maximum atomic E-state index is 13.4. The van der Waals surface area contributed by atoms with Crippen molar-refractivity contribution in [1.82, 2.24) is 4.31 Å². The van der Waals surface area contributed by atoms with Crippen LogP contribution in [0.3, 0.4) is 0 Å². The van der Waals surface area contributed by atoms with Gasteiger partial charge in [0.2, 0.25) is 10.0 Å². The van der Waals surface area contributed by atoms with Gasteiger partial charge < -0.3 is 0 Å². The zero-order valence-corrected chi connectivity index (χ0v) is 16.9. The van der Waals surface area contributed by atoms with Gasteiger partial charge in [-0.25, -0.2) is 12.8 Å². The minimum atomic E-state index is -4.00. The summed E-state index contributed by atoms with van der Waals surface area (Å²) in [6, 6.07) is 10.8. The summed E-state index contributed by atoms with van der Waals surface area (Å²) in [5, 5.41) is 11.0. The molecule has 0 saturated carbocycles. The number of rotatable bonds is 5. The van der Waals surface area contributed by atoms with Crippen molar-refractivity contribution in [3.63, 3.8) is 0 Å². The van der Waals surface area contributed by atoms with Gasteiger partial charge in [-0.3, -0.25) is 10.1 Å². The van der Waals surface area contributed by atoms with Gasteiger partial charge in [0.05, 0.1) is 15.4 Å². The molecule has 6 nitrogen and oxygen atoms in total. The first-order chi connectivity index (χ1) is 12.7. The number of halogens is 2. The Hall–Kier alpha value is -1.84. The number of nitro benzene ring substituents is 1. The Morgan fingerprint density at radius 2 is 1.93 bits per heavy atom. The minimum absolute atomic E-state index is 0.127. The molecule has 0 N–H and O–H groups in total. The summed E-state index contributed by atoms with van der Waals surface area (Å²) in [5.74, 6) is -0.401. The zero-order chi connectivity index (χ0) is 19.8. The molecule has 1 saturated heterocycles. The molecule has 9 heteroatoms. The van der Waals surface area contributed by atoms with Gasteiger partial charge in [0, 0.05) is 23.5 Å². The molecule has 27 heavy (non-hydrogen) atoms. The molecular formula is C18H18BrFN2O4S. The molecule has 0 radical (unpaired) electrons. The highest BCUT2D eigenvalue weighted by atomic mass is 79.9. The maximum absolute atomic E-state index is 13.4. The topological polar surface area (TPSA) is 80.5 Å². The summed E-state index contributed by atoms with van der Waals surface area (Å²) in [5.41, 5.74) is -0.508. The van der Waals surface area contributed by atoms with Crippen LogP contribution in [0.15, 0.2) is 53.4 Å². The minimum Gasteiger partial charge on any atom is -0.258 e. The molecule has 0 amide bonds. The quantitative estimate of drug-likeness (QED) is 0.383. The van der Waals surface area contributed by atoms with Crippen molar-refractivity contribution in [2.45, 2.75) is 35.0 Å². The van der Waals surface area contributed by atoms with E-state index in [4.69, 9.17) is 0 Å². The first-order valence-corrected chi connectivity index (χ1v) is 10.7. The van der Waals surface area contributed by atoms with Crippen molar-refractivity contribution < 1.29 is 17.7 Å². The summed E-state index contributed by atoms with van der Waals surface area (Å²) >= 11 is 3.55. The van der Waals surface area contributed by atoms with Crippen LogP contribution in [0, 0.1) is 15.9 Å². The van der Waals surface area contributed by atoms with Crippen LogP contribution in [0.25, 0.3) is 0 Å². The van der Waals surface area contributed by atoms with Gasteiger partial charge in [0.15, 0.2) is 0 Å². The molecule has 1 aliphatic rings. The third-order valence-corrected chi connectivity index (χ3v) is 7.68. The number of hydrogen-bond acceptors (Lipinski definition) is 4. The monoisotopic (exact) mass is 456 g/mol. The van der Waals surface area contributed by atoms with E-state index in [9.17, 15) is 22.9 Å². The number of hydrogen-bond donors (Lipinski definition) is 0. The Balaban J connectivity index is 2.14. The van der Waals surface area contributed by atoms with Crippen LogP contribution < -0.4 is 0 Å². The number of non-ortho nitro benzene ring substituents is 1. The Labute approximate surface area is 165 Å². The Morgan fingerprint density at radius 3 is 2.52 bits per heavy atom. The second-order valence-electron chi connectivity index (χ2n) is 6.48. The lowest BCUT2D eigenvalue weighted by atomic mass is 9.86. The fourth-order valence-electron chi connectivity index (χ4n) is 3.69. The molecule has 0 unspecified atom stereocenters. The van der Waals surface area contributed by atoms with Crippen molar-refractivity contribution >= 4 is 31.6 Å². The third kappa shape index (κ3) is 3.39. The molecule has 1 heterocycles. The van der Waals surface area contributed by atoms with Gasteiger partial charge in [-0.1, -0.05) is 41.1 Å². The van der Waals surface area contributed by atoms with Gasteiger partial charge in [-0.15, -0.1) is 0 Å². The van der Waals surface area contributed by atoms with Gasteiger partial charge >= 0.3 is 0 Å². The van der Waals surface area contributed by atoms with Crippen LogP contribution in [0.5, 0.6) is 0 Å². The molecule has 144 valence electrons. The van der Waals surface area contributed by atoms with Crippen LogP contribution in [0.4, 0.5) is 10.1 Å². The van der Waals surface area contributed by atoms with Crippen LogP contribution >= 0.6 is 15.9 Å². The lowest BCUT2D eigenvalue weighted by Gasteiger charge is -2.40. The highest BCUT2D eigenvalue weighted by Gasteiger charge is 2.51. The summed E-state index contributed by atoms with van der Waals surface area (Å²) in [6.07, 6.45) is 1.18. The van der Waals surface area contributed by atoms with E-state index in [-0.39, 0.29) is 22.0 Å². The second kappa shape index (κ2) is 7.29. The SMILES string of the molecule is C[C@H](Br)[C@@]1(c2ccc(F)cc2)CCCN1S(=O)(=O)c1cccc([N+](=O)[O-])c1. The molecule has 0 aromatic heterocycles. The van der Waals surface area contributed by atoms with E-state index in [1.54, 1.807) is 12.1 Å². The summed E-state index contributed by atoms with van der Waals surface area (Å²) in [4.78, 5) is 10.0. The molecule has 2 aromatic carbocycles. The molecular weight excluding hydrogens is 439 g/mol. The van der Waals surface area contributed by atoms with E-state index in [1.165, 1.54) is 34.6 Å². The van der Waals surface area contributed by atoms with Gasteiger partial charge in [-0.05, 0) is 36.6 Å². The molecule has 0 spiro atoms. The summed E-state index contributed by atoms with van der Waals surface area (Å²) in [6.45, 7) is 2.13. The average Bonchev–Trinajstić information content (AvgIpc) is 3.09. The predicted octanol–water partition coefficient (Wildman–Crippen LogP) is 4.20. The van der Waals surface area contributed by atoms with Gasteiger partial charge in [0.25, 0.3) is 5.69 Å². The molecule has 1 aliphatic heterocycles. The first kappa shape index (κ1) is 19.9. The lowest BCUT2D eigenvalue weighted by molar-refractivity contribution is -0.385. The fourth-order valence-corrected chi connectivity index (χ4v) is 6.49. The predicted molar refractivity (Wildman–Crippen MR) is 103 cm³/mol. The normalized spacial score (nSPS) is 21.9. The molecule has 0 bridgehead atoms. The van der Waals surface area contributed by atoms with Crippen LogP contribution in [-0.4, -0.2) is 29.0 Å². The largest absolute Gasteiger partial charge is 0.270 e. The standard InChI is InChI=1S/C18H18BrFN2O4S/c1-13(19)18(14-6-8-15(20)9-7-14)10-3-11-21(18)27(25,26)17-5-2-4-16(12-17)22(23)24/h2,4-9,12-13H,3,10-11H2,1H3/t13-,18+/m0/s1. The third-order valence-electron chi connectivity index (χ3n) is 4.98. The number of benzene rings is 2. The number of alkyl halides is 1. The van der Waals surface area contributed by atoms with Crippen LogP contribution in [0.1, 0.15) is 25.3 Å². The Kier molecular flexibility index (Phi) is 5.38. The average molecular weight is 457 g/mol. The van der Waals surface area contributed by atoms with Gasteiger partial charge in [-0.2, -0.15) is 4.31 Å². The van der Waals surface area contributed by atoms with Gasteiger partial charge in [0.1, 0.15) is 5.82 Å². The van der Waals surface area contributed by atoms with Crippen molar-refractivity contribution in [1.29, 1.82) is 0 Å². The van der Waals surface area contributed by atoms with E-state index >= 15 is 0 Å². The van der Waals surface area contributed by atoms with Crippen molar-refractivity contribution in [2.75, 3.05) is 6.54 Å². The molecule has 2 aromatic rings. The van der Waals surface area contributed by atoms with E-state index in [0.717, 1.165) is 6.07 Å². The fraction of sp³-hybridized carbons (Fsp3) is 0.333. The van der Waals surface area contributed by atoms with Crippen LogP contribution in [-0.2, 0) is 15.6 Å². The first-order valence-electron chi connectivity index (χ1n) is 8.37. The van der Waals surface area contributed by atoms with Crippen molar-refractivity contribution in [3.8, 4) is 0 Å². The van der Waals surface area contributed by atoms with E-state index in [2.05, 4.69) is 15.9 Å². The molecule has 3 rings (SSSR count). The molecule has 1 fully saturated rings. The molecule has 0 aliphatic carbocycles. The lowest BCUT2D eigenvalue weighted by Crippen LogP contribution is -2.49. The van der Waals surface area contributed by atoms with E-state index in [1.807, 2.05) is 6.92 Å². The van der Waals surface area contributed by atoms with Crippen molar-refractivity contribution in [2.24, 2.45) is 0 Å². The number of nitro groups is 1. The van der Waals surface area contributed by atoms with Crippen LogP contribution in [0.2, 0.25) is 0 Å². The van der Waals surface area contributed by atoms with E-state index < -0.39 is 26.3 Å². The second-order valence-corrected chi connectivity index (χ2v) is 9.72. The van der Waals surface area contributed by atoms with Crippen molar-refractivity contribution in [3.05, 3.63) is 70.0 Å². The smallest absolute Gasteiger partial charge is 0.258 e. The number of sulfonamides is 1. The molecule has 2 atom stereocenters.